The van der Waals surface area contributed by atoms with Crippen molar-refractivity contribution >= 4 is 10.8 Å². The van der Waals surface area contributed by atoms with Crippen LogP contribution in [0, 0.1) is 6.07 Å². The summed E-state index contributed by atoms with van der Waals surface area (Å²) in [6.45, 7) is 0. The zero-order valence-corrected chi connectivity index (χ0v) is 16.8. The summed E-state index contributed by atoms with van der Waals surface area (Å²) in [4.78, 5) is 4.74. The topological polar surface area (TPSA) is 12.9 Å². The van der Waals surface area contributed by atoms with Crippen LogP contribution < -0.4 is 0 Å². The first-order valence-corrected chi connectivity index (χ1v) is 9.33. The Balaban J connectivity index is 0.00000157. The fourth-order valence-electron chi connectivity index (χ4n) is 4.42. The summed E-state index contributed by atoms with van der Waals surface area (Å²) in [6, 6.07) is 15.0. The maximum absolute atomic E-state index is 4.74. The molecule has 0 atom stereocenters. The van der Waals surface area contributed by atoms with Crippen LogP contribution in [0.15, 0.2) is 36.5 Å². The number of fused-ring (bicyclic) bond motifs is 3. The summed E-state index contributed by atoms with van der Waals surface area (Å²) in [6.07, 6.45) is 12.1. The Kier molecular flexibility index (Phi) is 4.75. The van der Waals surface area contributed by atoms with Crippen molar-refractivity contribution in [3.63, 3.8) is 0 Å². The van der Waals surface area contributed by atoms with Crippen LogP contribution in [-0.4, -0.2) is 4.98 Å². The summed E-state index contributed by atoms with van der Waals surface area (Å²) < 4.78 is 0. The van der Waals surface area contributed by atoms with Crippen molar-refractivity contribution < 1.29 is 20.1 Å². The van der Waals surface area contributed by atoms with Gasteiger partial charge in [0.05, 0.1) is 0 Å². The van der Waals surface area contributed by atoms with E-state index in [0.29, 0.717) is 0 Å². The third-order valence-corrected chi connectivity index (χ3v) is 5.76. The number of aromatic nitrogens is 1. The van der Waals surface area contributed by atoms with Gasteiger partial charge in [-0.05, 0) is 65.8 Å². The van der Waals surface area contributed by atoms with Gasteiger partial charge in [0, 0.05) is 26.3 Å². The van der Waals surface area contributed by atoms with Crippen LogP contribution >= 0.6 is 0 Å². The second kappa shape index (κ2) is 7.02. The Hall–Kier alpha value is -1.50. The van der Waals surface area contributed by atoms with Gasteiger partial charge in [0.25, 0.3) is 0 Å². The van der Waals surface area contributed by atoms with Crippen molar-refractivity contribution in [2.24, 2.45) is 0 Å². The van der Waals surface area contributed by atoms with E-state index in [1.807, 2.05) is 6.20 Å². The zero-order valence-electron chi connectivity index (χ0n) is 14.4. The average molecular weight is 505 g/mol. The molecule has 0 fully saturated rings. The van der Waals surface area contributed by atoms with E-state index >= 15 is 0 Å². The van der Waals surface area contributed by atoms with Crippen LogP contribution in [0.3, 0.4) is 0 Å². The molecule has 2 aromatic carbocycles. The van der Waals surface area contributed by atoms with Crippen LogP contribution in [0.2, 0.25) is 0 Å². The van der Waals surface area contributed by atoms with E-state index in [2.05, 4.69) is 36.4 Å². The molecule has 0 N–H and O–H groups in total. The third-order valence-electron chi connectivity index (χ3n) is 5.76. The Bertz CT molecular complexity index is 929. The summed E-state index contributed by atoms with van der Waals surface area (Å²) in [5, 5.41) is 2.62. The summed E-state index contributed by atoms with van der Waals surface area (Å²) in [5.41, 5.74) is 8.34. The molecule has 1 aromatic heterocycles. The van der Waals surface area contributed by atoms with E-state index in [1.54, 1.807) is 5.56 Å². The third kappa shape index (κ3) is 3.07. The number of nitrogens with zero attached hydrogens (tertiary/aromatic N) is 1. The predicted molar refractivity (Wildman–Crippen MR) is 99.3 cm³/mol. The van der Waals surface area contributed by atoms with E-state index in [0.717, 1.165) is 11.3 Å². The minimum absolute atomic E-state index is 0. The molecule has 0 saturated carbocycles. The number of benzene rings is 2. The molecule has 1 nitrogen and oxygen atoms in total. The predicted octanol–water partition coefficient (Wildman–Crippen LogP) is 5.46. The number of rotatable bonds is 1. The quantitative estimate of drug-likeness (QED) is 0.401. The van der Waals surface area contributed by atoms with Crippen molar-refractivity contribution in [1.29, 1.82) is 0 Å². The van der Waals surface area contributed by atoms with Gasteiger partial charge in [0.1, 0.15) is 0 Å². The van der Waals surface area contributed by atoms with Crippen LogP contribution in [-0.2, 0) is 45.8 Å². The fraction of sp³-hybridized carbons (Fsp3) is 0.348. The van der Waals surface area contributed by atoms with Gasteiger partial charge in [0.2, 0.25) is 0 Å². The largest absolute Gasteiger partial charge is 0.304 e. The van der Waals surface area contributed by atoms with Gasteiger partial charge in [-0.15, -0.1) is 34.9 Å². The van der Waals surface area contributed by atoms with Gasteiger partial charge in [-0.3, -0.25) is 0 Å². The molecule has 1 heterocycles. The molecule has 129 valence electrons. The van der Waals surface area contributed by atoms with E-state index < -0.39 is 0 Å². The molecule has 25 heavy (non-hydrogen) atoms. The maximum Gasteiger partial charge on any atom is 0.0167 e. The molecular formula is C23H22IrN-. The number of hydrogen-bond donors (Lipinski definition) is 0. The van der Waals surface area contributed by atoms with Crippen LogP contribution in [0.25, 0.3) is 22.0 Å². The Labute approximate surface area is 163 Å². The van der Waals surface area contributed by atoms with E-state index in [9.17, 15) is 0 Å². The van der Waals surface area contributed by atoms with E-state index in [1.165, 1.54) is 78.8 Å². The summed E-state index contributed by atoms with van der Waals surface area (Å²) >= 11 is 0. The first-order valence-electron chi connectivity index (χ1n) is 9.33. The average Bonchev–Trinajstić information content (AvgIpc) is 2.65. The van der Waals surface area contributed by atoms with Gasteiger partial charge < -0.3 is 4.98 Å². The fourth-order valence-corrected chi connectivity index (χ4v) is 4.42. The Morgan fingerprint density at radius 2 is 1.40 bits per heavy atom. The molecule has 1 radical (unpaired) electrons. The second-order valence-corrected chi connectivity index (χ2v) is 7.31. The van der Waals surface area contributed by atoms with E-state index in [4.69, 9.17) is 4.98 Å². The van der Waals surface area contributed by atoms with Gasteiger partial charge in [-0.25, -0.2) is 0 Å². The minimum Gasteiger partial charge on any atom is -0.304 e. The van der Waals surface area contributed by atoms with Crippen molar-refractivity contribution in [2.45, 2.75) is 51.4 Å². The van der Waals surface area contributed by atoms with Gasteiger partial charge in [-0.1, -0.05) is 31.4 Å². The number of aryl methyl sites for hydroxylation is 4. The Morgan fingerprint density at radius 3 is 2.16 bits per heavy atom. The molecule has 0 unspecified atom stereocenters. The minimum atomic E-state index is 0. The molecule has 2 heteroatoms. The first-order chi connectivity index (χ1) is 11.9. The van der Waals surface area contributed by atoms with Crippen molar-refractivity contribution in [3.8, 4) is 11.3 Å². The molecule has 0 bridgehead atoms. The molecule has 0 amide bonds. The molecule has 5 rings (SSSR count). The molecule has 3 aromatic rings. The van der Waals surface area contributed by atoms with Crippen molar-refractivity contribution in [1.82, 2.24) is 4.98 Å². The number of hydrogen-bond acceptors (Lipinski definition) is 1. The van der Waals surface area contributed by atoms with Gasteiger partial charge in [-0.2, -0.15) is 0 Å². The monoisotopic (exact) mass is 505 g/mol. The number of pyridine rings is 1. The Morgan fingerprint density at radius 1 is 0.760 bits per heavy atom. The second-order valence-electron chi connectivity index (χ2n) is 7.31. The molecule has 2 aliphatic carbocycles. The van der Waals surface area contributed by atoms with Crippen molar-refractivity contribution in [2.75, 3.05) is 0 Å². The smallest absolute Gasteiger partial charge is 0.0167 e. The molecule has 0 spiro atoms. The molecule has 2 aliphatic rings. The van der Waals surface area contributed by atoms with Crippen LogP contribution in [0.5, 0.6) is 0 Å². The molecular weight excluding hydrogens is 482 g/mol. The van der Waals surface area contributed by atoms with Crippen LogP contribution in [0.1, 0.15) is 47.9 Å². The van der Waals surface area contributed by atoms with Crippen molar-refractivity contribution in [3.05, 3.63) is 64.8 Å². The summed E-state index contributed by atoms with van der Waals surface area (Å²) in [5.74, 6) is 0. The molecule has 0 aliphatic heterocycles. The van der Waals surface area contributed by atoms with Crippen LogP contribution in [0.4, 0.5) is 0 Å². The normalized spacial score (nSPS) is 16.0. The van der Waals surface area contributed by atoms with Gasteiger partial charge in [0.15, 0.2) is 0 Å². The molecule has 0 saturated heterocycles. The van der Waals surface area contributed by atoms with Gasteiger partial charge >= 0.3 is 0 Å². The SMILES string of the molecule is [Ir].[c-]1cc2c(cc1-c1nccc3cc4c(cc13)CCCC4)CCCC2. The standard InChI is InChI=1S/C23H22N.Ir/c1-2-6-17-14-21(10-9-16(17)5-1)23-22-15-19-8-4-3-7-18(19)13-20(22)11-12-24-23;/h9,11-15H,1-8H2;/q-1;. The first kappa shape index (κ1) is 16.9. The summed E-state index contributed by atoms with van der Waals surface area (Å²) in [7, 11) is 0. The maximum atomic E-state index is 4.74. The van der Waals surface area contributed by atoms with E-state index in [-0.39, 0.29) is 20.1 Å². The zero-order chi connectivity index (χ0) is 15.9.